The Kier molecular flexibility index (Phi) is 2.03. The third-order valence-electron chi connectivity index (χ3n) is 2.78. The molecule has 0 saturated carbocycles. The number of rotatable bonds is 1. The van der Waals surface area contributed by atoms with Crippen LogP contribution in [0.3, 0.4) is 0 Å². The van der Waals surface area contributed by atoms with Gasteiger partial charge in [0.1, 0.15) is 11.4 Å². The normalized spacial score (nSPS) is 26.3. The van der Waals surface area contributed by atoms with Gasteiger partial charge in [0.2, 0.25) is 0 Å². The molecule has 1 aromatic rings. The predicted molar refractivity (Wildman–Crippen MR) is 53.8 cm³/mol. The van der Waals surface area contributed by atoms with Crippen LogP contribution in [0, 0.1) is 6.42 Å². The molecule has 1 aliphatic heterocycles. The van der Waals surface area contributed by atoms with Crippen LogP contribution in [0.2, 0.25) is 0 Å². The highest BCUT2D eigenvalue weighted by Crippen LogP contribution is 2.35. The van der Waals surface area contributed by atoms with Crippen LogP contribution in [-0.2, 0) is 0 Å². The van der Waals surface area contributed by atoms with Gasteiger partial charge in [0.25, 0.3) is 0 Å². The summed E-state index contributed by atoms with van der Waals surface area (Å²) in [4.78, 5) is 0. The molecule has 1 aromatic carbocycles. The number of para-hydroxylation sites is 1. The number of hydrogen-bond acceptors (Lipinski definition) is 1. The van der Waals surface area contributed by atoms with Crippen LogP contribution in [-0.4, -0.2) is 5.60 Å². The number of benzene rings is 1. The van der Waals surface area contributed by atoms with E-state index < -0.39 is 0 Å². The Morgan fingerprint density at radius 2 is 2.15 bits per heavy atom. The van der Waals surface area contributed by atoms with Crippen molar-refractivity contribution in [1.29, 1.82) is 0 Å². The van der Waals surface area contributed by atoms with Gasteiger partial charge in [-0.3, -0.25) is 0 Å². The molecular formula is C12H15O. The van der Waals surface area contributed by atoms with Gasteiger partial charge >= 0.3 is 0 Å². The van der Waals surface area contributed by atoms with Crippen molar-refractivity contribution in [3.63, 3.8) is 0 Å². The molecule has 1 heteroatoms. The van der Waals surface area contributed by atoms with Crippen LogP contribution < -0.4 is 4.74 Å². The van der Waals surface area contributed by atoms with Crippen LogP contribution in [0.4, 0.5) is 0 Å². The number of fused-ring (bicyclic) bond motifs is 1. The van der Waals surface area contributed by atoms with E-state index in [9.17, 15) is 0 Å². The predicted octanol–water partition coefficient (Wildman–Crippen LogP) is 3.19. The van der Waals surface area contributed by atoms with E-state index in [2.05, 4.69) is 26.3 Å². The molecule has 1 heterocycles. The highest BCUT2D eigenvalue weighted by molar-refractivity contribution is 5.41. The Bertz CT molecular complexity index is 306. The Hall–Kier alpha value is -0.980. The second-order valence-electron chi connectivity index (χ2n) is 3.85. The first-order valence-corrected chi connectivity index (χ1v) is 4.85. The van der Waals surface area contributed by atoms with Gasteiger partial charge in [0.05, 0.1) is 0 Å². The summed E-state index contributed by atoms with van der Waals surface area (Å²) in [6.07, 6.45) is 4.33. The first-order chi connectivity index (χ1) is 6.23. The average molecular weight is 175 g/mol. The van der Waals surface area contributed by atoms with E-state index in [1.54, 1.807) is 0 Å². The second kappa shape index (κ2) is 3.06. The summed E-state index contributed by atoms with van der Waals surface area (Å²) in [5.74, 6) is 1.03. The van der Waals surface area contributed by atoms with Crippen LogP contribution in [0.1, 0.15) is 32.3 Å². The molecule has 13 heavy (non-hydrogen) atoms. The summed E-state index contributed by atoms with van der Waals surface area (Å²) in [5, 5.41) is 0. The Morgan fingerprint density at radius 3 is 2.92 bits per heavy atom. The number of ether oxygens (including phenoxy) is 1. The number of hydrogen-bond donors (Lipinski definition) is 0. The van der Waals surface area contributed by atoms with E-state index in [-0.39, 0.29) is 5.60 Å². The lowest BCUT2D eigenvalue weighted by atomic mass is 9.91. The fourth-order valence-corrected chi connectivity index (χ4v) is 1.59. The monoisotopic (exact) mass is 175 g/mol. The third kappa shape index (κ3) is 1.55. The van der Waals surface area contributed by atoms with E-state index in [1.807, 2.05) is 18.2 Å². The lowest BCUT2D eigenvalue weighted by Gasteiger charge is -2.34. The smallest absolute Gasteiger partial charge is 0.123 e. The van der Waals surface area contributed by atoms with E-state index in [1.165, 1.54) is 5.56 Å². The van der Waals surface area contributed by atoms with E-state index in [0.29, 0.717) is 0 Å². The molecule has 1 aliphatic rings. The maximum Gasteiger partial charge on any atom is 0.123 e. The maximum absolute atomic E-state index is 5.94. The highest BCUT2D eigenvalue weighted by Gasteiger charge is 2.29. The van der Waals surface area contributed by atoms with Crippen LogP contribution >= 0.6 is 0 Å². The van der Waals surface area contributed by atoms with E-state index >= 15 is 0 Å². The molecule has 1 nitrogen and oxygen atoms in total. The van der Waals surface area contributed by atoms with Crippen molar-refractivity contribution in [3.05, 3.63) is 36.2 Å². The molecule has 0 amide bonds. The topological polar surface area (TPSA) is 9.23 Å². The molecule has 0 fully saturated rings. The van der Waals surface area contributed by atoms with Gasteiger partial charge in [0.15, 0.2) is 0 Å². The molecule has 0 bridgehead atoms. The van der Waals surface area contributed by atoms with Crippen LogP contribution in [0.5, 0.6) is 5.75 Å². The molecule has 0 N–H and O–H groups in total. The van der Waals surface area contributed by atoms with Crippen molar-refractivity contribution in [2.75, 3.05) is 0 Å². The van der Waals surface area contributed by atoms with Crippen molar-refractivity contribution in [2.24, 2.45) is 0 Å². The quantitative estimate of drug-likeness (QED) is 0.637. The van der Waals surface area contributed by atoms with Gasteiger partial charge < -0.3 is 4.74 Å². The first-order valence-electron chi connectivity index (χ1n) is 4.85. The van der Waals surface area contributed by atoms with Gasteiger partial charge in [-0.1, -0.05) is 25.1 Å². The van der Waals surface area contributed by atoms with Crippen LogP contribution in [0.15, 0.2) is 24.3 Å². The highest BCUT2D eigenvalue weighted by atomic mass is 16.5. The molecule has 1 atom stereocenters. The minimum atomic E-state index is 0.00829. The van der Waals surface area contributed by atoms with Crippen molar-refractivity contribution >= 4 is 0 Å². The fraction of sp³-hybridized carbons (Fsp3) is 0.417. The van der Waals surface area contributed by atoms with Gasteiger partial charge in [-0.2, -0.15) is 0 Å². The molecule has 1 unspecified atom stereocenters. The van der Waals surface area contributed by atoms with E-state index in [4.69, 9.17) is 4.74 Å². The standard InChI is InChI=1S/C12H15O/c1-3-12(2)9-8-10-6-4-5-7-11(10)13-12/h4-8H,3,9H2,1-2H3. The third-order valence-corrected chi connectivity index (χ3v) is 2.78. The zero-order valence-electron chi connectivity index (χ0n) is 8.21. The molecule has 2 rings (SSSR count). The van der Waals surface area contributed by atoms with Gasteiger partial charge in [-0.25, -0.2) is 0 Å². The maximum atomic E-state index is 5.94. The Labute approximate surface area is 79.7 Å². The molecule has 0 spiro atoms. The Morgan fingerprint density at radius 1 is 1.38 bits per heavy atom. The van der Waals surface area contributed by atoms with Gasteiger partial charge in [-0.15, -0.1) is 0 Å². The average Bonchev–Trinajstić information content (AvgIpc) is 2.18. The zero-order valence-corrected chi connectivity index (χ0v) is 8.21. The molecular weight excluding hydrogens is 160 g/mol. The van der Waals surface area contributed by atoms with Gasteiger partial charge in [0, 0.05) is 0 Å². The van der Waals surface area contributed by atoms with Crippen molar-refractivity contribution in [1.82, 2.24) is 0 Å². The van der Waals surface area contributed by atoms with Gasteiger partial charge in [-0.05, 0) is 37.8 Å². The largest absolute Gasteiger partial charge is 0.487 e. The summed E-state index contributed by atoms with van der Waals surface area (Å²) in [7, 11) is 0. The summed E-state index contributed by atoms with van der Waals surface area (Å²) in [5.41, 5.74) is 1.24. The van der Waals surface area contributed by atoms with Crippen molar-refractivity contribution in [3.8, 4) is 5.75 Å². The minimum absolute atomic E-state index is 0.00829. The lowest BCUT2D eigenvalue weighted by molar-refractivity contribution is 0.0745. The summed E-state index contributed by atoms with van der Waals surface area (Å²) >= 11 is 0. The minimum Gasteiger partial charge on any atom is -0.487 e. The van der Waals surface area contributed by atoms with Crippen LogP contribution in [0.25, 0.3) is 0 Å². The van der Waals surface area contributed by atoms with Crippen molar-refractivity contribution < 1.29 is 4.74 Å². The fourth-order valence-electron chi connectivity index (χ4n) is 1.59. The molecule has 0 aromatic heterocycles. The zero-order chi connectivity index (χ0) is 9.31. The summed E-state index contributed by atoms with van der Waals surface area (Å²) < 4.78 is 5.94. The van der Waals surface area contributed by atoms with Crippen molar-refractivity contribution in [2.45, 2.75) is 32.3 Å². The first kappa shape index (κ1) is 8.61. The molecule has 1 radical (unpaired) electrons. The SMILES string of the molecule is CCC1(C)C[CH]c2ccccc2O1. The molecule has 0 saturated heterocycles. The molecule has 0 aliphatic carbocycles. The lowest BCUT2D eigenvalue weighted by Crippen LogP contribution is -2.34. The second-order valence-corrected chi connectivity index (χ2v) is 3.85. The summed E-state index contributed by atoms with van der Waals surface area (Å²) in [6.45, 7) is 4.33. The molecule has 69 valence electrons. The van der Waals surface area contributed by atoms with E-state index in [0.717, 1.165) is 18.6 Å². The summed E-state index contributed by atoms with van der Waals surface area (Å²) in [6, 6.07) is 8.21. The Balaban J connectivity index is 2.29.